The molecule has 0 heterocycles. The Labute approximate surface area is 124 Å². The standard InChI is InChI=1S/C15H14Br2O/c1-10-4-2-3-5-11(10)9-15(18)12-6-7-13(16)14(17)8-12/h2-8,15,18H,9H2,1H3. The van der Waals surface area contributed by atoms with Crippen LogP contribution in [0.2, 0.25) is 0 Å². The Balaban J connectivity index is 2.19. The van der Waals surface area contributed by atoms with Gasteiger partial charge < -0.3 is 5.11 Å². The van der Waals surface area contributed by atoms with Gasteiger partial charge >= 0.3 is 0 Å². The second-order valence-electron chi connectivity index (χ2n) is 4.32. The van der Waals surface area contributed by atoms with Crippen LogP contribution in [0.25, 0.3) is 0 Å². The van der Waals surface area contributed by atoms with Crippen LogP contribution < -0.4 is 0 Å². The predicted octanol–water partition coefficient (Wildman–Crippen LogP) is 4.80. The van der Waals surface area contributed by atoms with Crippen LogP contribution in [0.15, 0.2) is 51.4 Å². The lowest BCUT2D eigenvalue weighted by atomic mass is 9.98. The summed E-state index contributed by atoms with van der Waals surface area (Å²) in [5, 5.41) is 10.3. The Hall–Kier alpha value is -0.640. The zero-order chi connectivity index (χ0) is 13.1. The number of hydrogen-bond donors (Lipinski definition) is 1. The van der Waals surface area contributed by atoms with Crippen LogP contribution in [0.3, 0.4) is 0 Å². The Kier molecular flexibility index (Phi) is 4.60. The molecule has 18 heavy (non-hydrogen) atoms. The highest BCUT2D eigenvalue weighted by molar-refractivity contribution is 9.13. The van der Waals surface area contributed by atoms with Crippen LogP contribution in [0.5, 0.6) is 0 Å². The molecule has 0 bridgehead atoms. The highest BCUT2D eigenvalue weighted by Crippen LogP contribution is 2.28. The fourth-order valence-corrected chi connectivity index (χ4v) is 2.53. The van der Waals surface area contributed by atoms with Crippen molar-refractivity contribution >= 4 is 31.9 Å². The first kappa shape index (κ1) is 13.8. The van der Waals surface area contributed by atoms with E-state index in [-0.39, 0.29) is 0 Å². The summed E-state index contributed by atoms with van der Waals surface area (Å²) < 4.78 is 1.96. The van der Waals surface area contributed by atoms with Gasteiger partial charge in [-0.2, -0.15) is 0 Å². The third kappa shape index (κ3) is 3.22. The highest BCUT2D eigenvalue weighted by Gasteiger charge is 2.11. The summed E-state index contributed by atoms with van der Waals surface area (Å²) in [4.78, 5) is 0. The smallest absolute Gasteiger partial charge is 0.0830 e. The molecule has 0 spiro atoms. The SMILES string of the molecule is Cc1ccccc1CC(O)c1ccc(Br)c(Br)c1. The van der Waals surface area contributed by atoms with Crippen LogP contribution in [0.4, 0.5) is 0 Å². The van der Waals surface area contributed by atoms with E-state index in [4.69, 9.17) is 0 Å². The Morgan fingerprint density at radius 3 is 2.44 bits per heavy atom. The van der Waals surface area contributed by atoms with Crippen molar-refractivity contribution < 1.29 is 5.11 Å². The summed E-state index contributed by atoms with van der Waals surface area (Å²) in [6.45, 7) is 2.07. The van der Waals surface area contributed by atoms with Crippen molar-refractivity contribution in [2.75, 3.05) is 0 Å². The molecule has 0 saturated carbocycles. The van der Waals surface area contributed by atoms with E-state index in [1.807, 2.05) is 30.3 Å². The Morgan fingerprint density at radius 2 is 1.78 bits per heavy atom. The predicted molar refractivity (Wildman–Crippen MR) is 81.7 cm³/mol. The molecule has 1 N–H and O–H groups in total. The molecule has 0 saturated heterocycles. The number of aryl methyl sites for hydroxylation is 1. The number of hydrogen-bond acceptors (Lipinski definition) is 1. The summed E-state index contributed by atoms with van der Waals surface area (Å²) in [5.41, 5.74) is 3.32. The van der Waals surface area contributed by atoms with Crippen molar-refractivity contribution in [2.45, 2.75) is 19.4 Å². The van der Waals surface area contributed by atoms with Gasteiger partial charge in [0.25, 0.3) is 0 Å². The number of rotatable bonds is 3. The minimum absolute atomic E-state index is 0.476. The van der Waals surface area contributed by atoms with Crippen LogP contribution in [0.1, 0.15) is 22.8 Å². The second-order valence-corrected chi connectivity index (χ2v) is 6.03. The van der Waals surface area contributed by atoms with E-state index in [0.717, 1.165) is 14.5 Å². The number of benzene rings is 2. The molecule has 0 aliphatic heterocycles. The molecule has 3 heteroatoms. The van der Waals surface area contributed by atoms with Crippen LogP contribution in [-0.4, -0.2) is 5.11 Å². The molecule has 1 nitrogen and oxygen atoms in total. The minimum atomic E-state index is -0.476. The molecule has 0 amide bonds. The lowest BCUT2D eigenvalue weighted by Gasteiger charge is -2.13. The molecule has 0 fully saturated rings. The van der Waals surface area contributed by atoms with Gasteiger partial charge in [-0.15, -0.1) is 0 Å². The van der Waals surface area contributed by atoms with Crippen molar-refractivity contribution in [1.29, 1.82) is 0 Å². The van der Waals surface area contributed by atoms with Gasteiger partial charge in [-0.3, -0.25) is 0 Å². The van der Waals surface area contributed by atoms with Gasteiger partial charge in [-0.25, -0.2) is 0 Å². The summed E-state index contributed by atoms with van der Waals surface area (Å²) in [5.74, 6) is 0. The molecule has 2 rings (SSSR count). The fourth-order valence-electron chi connectivity index (χ4n) is 1.88. The number of aliphatic hydroxyl groups is 1. The molecular formula is C15H14Br2O. The molecule has 94 valence electrons. The third-order valence-corrected chi connectivity index (χ3v) is 4.88. The van der Waals surface area contributed by atoms with E-state index >= 15 is 0 Å². The average molecular weight is 370 g/mol. The highest BCUT2D eigenvalue weighted by atomic mass is 79.9. The van der Waals surface area contributed by atoms with Crippen LogP contribution >= 0.6 is 31.9 Å². The van der Waals surface area contributed by atoms with Gasteiger partial charge in [-0.05, 0) is 67.6 Å². The van der Waals surface area contributed by atoms with Crippen molar-refractivity contribution in [2.24, 2.45) is 0 Å². The lowest BCUT2D eigenvalue weighted by molar-refractivity contribution is 0.178. The summed E-state index contributed by atoms with van der Waals surface area (Å²) in [6.07, 6.45) is 0.163. The number of halogens is 2. The molecule has 2 aromatic rings. The lowest BCUT2D eigenvalue weighted by Crippen LogP contribution is -2.03. The first-order valence-electron chi connectivity index (χ1n) is 5.75. The van der Waals surface area contributed by atoms with E-state index in [1.165, 1.54) is 11.1 Å². The zero-order valence-corrected chi connectivity index (χ0v) is 13.2. The van der Waals surface area contributed by atoms with Gasteiger partial charge in [0.05, 0.1) is 6.10 Å². The number of aliphatic hydroxyl groups excluding tert-OH is 1. The van der Waals surface area contributed by atoms with E-state index in [2.05, 4.69) is 50.9 Å². The van der Waals surface area contributed by atoms with Gasteiger partial charge in [0.2, 0.25) is 0 Å². The molecule has 0 aromatic heterocycles. The van der Waals surface area contributed by atoms with Crippen LogP contribution in [-0.2, 0) is 6.42 Å². The topological polar surface area (TPSA) is 20.2 Å². The molecular weight excluding hydrogens is 356 g/mol. The van der Waals surface area contributed by atoms with Crippen molar-refractivity contribution in [3.63, 3.8) is 0 Å². The second kappa shape index (κ2) is 6.00. The Morgan fingerprint density at radius 1 is 1.06 bits per heavy atom. The monoisotopic (exact) mass is 368 g/mol. The molecule has 0 aliphatic carbocycles. The fraction of sp³-hybridized carbons (Fsp3) is 0.200. The third-order valence-electron chi connectivity index (χ3n) is 3.00. The zero-order valence-electron chi connectivity index (χ0n) is 10.0. The van der Waals surface area contributed by atoms with E-state index in [9.17, 15) is 5.11 Å². The first-order valence-corrected chi connectivity index (χ1v) is 7.34. The molecule has 0 aliphatic rings. The largest absolute Gasteiger partial charge is 0.388 e. The minimum Gasteiger partial charge on any atom is -0.388 e. The molecule has 0 radical (unpaired) electrons. The van der Waals surface area contributed by atoms with Gasteiger partial charge in [0, 0.05) is 15.4 Å². The van der Waals surface area contributed by atoms with Crippen molar-refractivity contribution in [3.8, 4) is 0 Å². The quantitative estimate of drug-likeness (QED) is 0.824. The van der Waals surface area contributed by atoms with E-state index in [1.54, 1.807) is 0 Å². The van der Waals surface area contributed by atoms with Crippen molar-refractivity contribution in [3.05, 3.63) is 68.1 Å². The van der Waals surface area contributed by atoms with Crippen LogP contribution in [0, 0.1) is 6.92 Å². The normalized spacial score (nSPS) is 12.4. The van der Waals surface area contributed by atoms with E-state index in [0.29, 0.717) is 6.42 Å². The van der Waals surface area contributed by atoms with E-state index < -0.39 is 6.10 Å². The van der Waals surface area contributed by atoms with Gasteiger partial charge in [-0.1, -0.05) is 30.3 Å². The molecule has 2 aromatic carbocycles. The maximum Gasteiger partial charge on any atom is 0.0830 e. The summed E-state index contributed by atoms with van der Waals surface area (Å²) in [6, 6.07) is 14.0. The van der Waals surface area contributed by atoms with Gasteiger partial charge in [0.1, 0.15) is 0 Å². The van der Waals surface area contributed by atoms with Gasteiger partial charge in [0.15, 0.2) is 0 Å². The molecule has 1 unspecified atom stereocenters. The maximum atomic E-state index is 10.3. The maximum absolute atomic E-state index is 10.3. The Bertz CT molecular complexity index is 552. The molecule has 1 atom stereocenters. The van der Waals surface area contributed by atoms with Crippen molar-refractivity contribution in [1.82, 2.24) is 0 Å². The first-order chi connectivity index (χ1) is 8.58. The summed E-state index contributed by atoms with van der Waals surface area (Å²) in [7, 11) is 0. The summed E-state index contributed by atoms with van der Waals surface area (Å²) >= 11 is 6.88. The average Bonchev–Trinajstić information content (AvgIpc) is 2.35.